The van der Waals surface area contributed by atoms with Gasteiger partial charge in [-0.25, -0.2) is 4.98 Å². The van der Waals surface area contributed by atoms with Crippen LogP contribution in [0.5, 0.6) is 11.5 Å². The molecule has 2 aromatic rings. The number of benzene rings is 1. The summed E-state index contributed by atoms with van der Waals surface area (Å²) in [4.78, 5) is 4.25. The van der Waals surface area contributed by atoms with Crippen LogP contribution in [-0.4, -0.2) is 12.1 Å². The zero-order valence-corrected chi connectivity index (χ0v) is 11.0. The Morgan fingerprint density at radius 1 is 1.38 bits per heavy atom. The predicted octanol–water partition coefficient (Wildman–Crippen LogP) is 3.49. The average molecular weight is 300 g/mol. The summed E-state index contributed by atoms with van der Waals surface area (Å²) in [6, 6.07) is 7.52. The van der Waals surface area contributed by atoms with Crippen LogP contribution in [0.1, 0.15) is 5.69 Å². The minimum absolute atomic E-state index is 0.468. The molecule has 3 nitrogen and oxygen atoms in total. The molecule has 0 spiro atoms. The fourth-order valence-corrected chi connectivity index (χ4v) is 2.23. The van der Waals surface area contributed by atoms with Gasteiger partial charge in [-0.1, -0.05) is 6.07 Å². The molecule has 0 fully saturated rings. The Kier molecular flexibility index (Phi) is 3.79. The third-order valence-corrected chi connectivity index (χ3v) is 3.37. The van der Waals surface area contributed by atoms with Gasteiger partial charge >= 0.3 is 0 Å². The molecule has 0 atom stereocenters. The molecule has 0 aliphatic carbocycles. The molecule has 0 aliphatic heterocycles. The monoisotopic (exact) mass is 299 g/mol. The molecule has 0 radical (unpaired) electrons. The lowest BCUT2D eigenvalue weighted by Crippen LogP contribution is -1.95. The lowest BCUT2D eigenvalue weighted by Gasteiger charge is -2.05. The lowest BCUT2D eigenvalue weighted by atomic mass is 10.3. The second kappa shape index (κ2) is 5.32. The number of methoxy groups -OCH3 is 1. The van der Waals surface area contributed by atoms with Crippen molar-refractivity contribution in [3.63, 3.8) is 0 Å². The van der Waals surface area contributed by atoms with Gasteiger partial charge in [-0.2, -0.15) is 0 Å². The molecule has 5 heteroatoms. The number of halogens is 1. The summed E-state index contributed by atoms with van der Waals surface area (Å²) in [6.07, 6.45) is 0. The predicted molar refractivity (Wildman–Crippen MR) is 67.1 cm³/mol. The van der Waals surface area contributed by atoms with Crippen LogP contribution in [0, 0.1) is 0 Å². The van der Waals surface area contributed by atoms with E-state index < -0.39 is 0 Å². The van der Waals surface area contributed by atoms with Crippen molar-refractivity contribution in [2.24, 2.45) is 0 Å². The van der Waals surface area contributed by atoms with Crippen LogP contribution in [-0.2, 0) is 6.61 Å². The number of nitrogens with zero attached hydrogens (tertiary/aromatic N) is 1. The quantitative estimate of drug-likeness (QED) is 0.866. The number of thiazole rings is 1. The van der Waals surface area contributed by atoms with Gasteiger partial charge in [0, 0.05) is 11.4 Å². The normalized spacial score (nSPS) is 10.1. The first-order chi connectivity index (χ1) is 7.78. The van der Waals surface area contributed by atoms with E-state index in [1.165, 1.54) is 0 Å². The van der Waals surface area contributed by atoms with E-state index in [2.05, 4.69) is 20.9 Å². The first-order valence-electron chi connectivity index (χ1n) is 4.64. The molecule has 0 unspecified atom stereocenters. The van der Waals surface area contributed by atoms with Gasteiger partial charge in [0.25, 0.3) is 0 Å². The highest BCUT2D eigenvalue weighted by atomic mass is 79.9. The van der Waals surface area contributed by atoms with Gasteiger partial charge in [0.1, 0.15) is 18.1 Å². The molecule has 2 rings (SSSR count). The molecule has 1 aromatic heterocycles. The third kappa shape index (κ3) is 2.96. The van der Waals surface area contributed by atoms with E-state index >= 15 is 0 Å². The van der Waals surface area contributed by atoms with Crippen molar-refractivity contribution in [1.29, 1.82) is 0 Å². The summed E-state index contributed by atoms with van der Waals surface area (Å²) in [5, 5.41) is 1.96. The molecule has 0 saturated carbocycles. The summed E-state index contributed by atoms with van der Waals surface area (Å²) in [5.74, 6) is 1.57. The zero-order valence-electron chi connectivity index (χ0n) is 8.64. The van der Waals surface area contributed by atoms with Crippen LogP contribution >= 0.6 is 27.3 Å². The number of hydrogen-bond donors (Lipinski definition) is 0. The highest BCUT2D eigenvalue weighted by molar-refractivity contribution is 9.11. The molecule has 0 saturated heterocycles. The van der Waals surface area contributed by atoms with Crippen LogP contribution in [0.3, 0.4) is 0 Å². The van der Waals surface area contributed by atoms with Crippen LogP contribution < -0.4 is 9.47 Å². The minimum Gasteiger partial charge on any atom is -0.497 e. The Labute approximate surface area is 106 Å². The van der Waals surface area contributed by atoms with Gasteiger partial charge in [0.15, 0.2) is 3.92 Å². The van der Waals surface area contributed by atoms with Gasteiger partial charge in [0.05, 0.1) is 12.8 Å². The minimum atomic E-state index is 0.468. The van der Waals surface area contributed by atoms with E-state index in [1.807, 2.05) is 29.6 Å². The van der Waals surface area contributed by atoms with Gasteiger partial charge in [0.2, 0.25) is 0 Å². The fraction of sp³-hybridized carbons (Fsp3) is 0.182. The Bertz CT molecular complexity index is 473. The van der Waals surface area contributed by atoms with E-state index in [9.17, 15) is 0 Å². The number of hydrogen-bond acceptors (Lipinski definition) is 4. The van der Waals surface area contributed by atoms with Gasteiger partial charge in [-0.3, -0.25) is 0 Å². The molecule has 0 bridgehead atoms. The summed E-state index contributed by atoms with van der Waals surface area (Å²) in [7, 11) is 1.64. The van der Waals surface area contributed by atoms with E-state index in [0.717, 1.165) is 21.1 Å². The Hall–Kier alpha value is -1.07. The molecule has 1 aromatic carbocycles. The van der Waals surface area contributed by atoms with Crippen molar-refractivity contribution in [2.75, 3.05) is 7.11 Å². The SMILES string of the molecule is COc1cccc(OCc2csc(Br)n2)c1. The smallest absolute Gasteiger partial charge is 0.159 e. The summed E-state index contributed by atoms with van der Waals surface area (Å²) in [5.41, 5.74) is 0.916. The highest BCUT2D eigenvalue weighted by Crippen LogP contribution is 2.21. The summed E-state index contributed by atoms with van der Waals surface area (Å²) in [6.45, 7) is 0.468. The number of ether oxygens (including phenoxy) is 2. The molecule has 84 valence electrons. The first-order valence-corrected chi connectivity index (χ1v) is 6.32. The Morgan fingerprint density at radius 3 is 2.88 bits per heavy atom. The van der Waals surface area contributed by atoms with Gasteiger partial charge < -0.3 is 9.47 Å². The van der Waals surface area contributed by atoms with E-state index in [1.54, 1.807) is 18.4 Å². The second-order valence-corrected chi connectivity index (χ2v) is 5.19. The summed E-state index contributed by atoms with van der Waals surface area (Å²) < 4.78 is 11.6. The number of aromatic nitrogens is 1. The standard InChI is InChI=1S/C11H10BrNO2S/c1-14-9-3-2-4-10(5-9)15-6-8-7-16-11(12)13-8/h2-5,7H,6H2,1H3. The molecule has 1 heterocycles. The molecular formula is C11H10BrNO2S. The van der Waals surface area contributed by atoms with Gasteiger partial charge in [-0.15, -0.1) is 11.3 Å². The van der Waals surface area contributed by atoms with E-state index in [4.69, 9.17) is 9.47 Å². The topological polar surface area (TPSA) is 31.4 Å². The largest absolute Gasteiger partial charge is 0.497 e. The number of rotatable bonds is 4. The second-order valence-electron chi connectivity index (χ2n) is 3.06. The Balaban J connectivity index is 1.99. The molecule has 0 aliphatic rings. The van der Waals surface area contributed by atoms with Crippen molar-refractivity contribution in [2.45, 2.75) is 6.61 Å². The fourth-order valence-electron chi connectivity index (χ4n) is 1.20. The van der Waals surface area contributed by atoms with Crippen molar-refractivity contribution < 1.29 is 9.47 Å². The van der Waals surface area contributed by atoms with Crippen molar-refractivity contribution in [3.05, 3.63) is 39.3 Å². The molecule has 0 N–H and O–H groups in total. The van der Waals surface area contributed by atoms with Crippen molar-refractivity contribution in [1.82, 2.24) is 4.98 Å². The summed E-state index contributed by atoms with van der Waals surface area (Å²) >= 11 is 4.86. The van der Waals surface area contributed by atoms with E-state index in [0.29, 0.717) is 6.61 Å². The Morgan fingerprint density at radius 2 is 2.19 bits per heavy atom. The lowest BCUT2D eigenvalue weighted by molar-refractivity contribution is 0.299. The highest BCUT2D eigenvalue weighted by Gasteiger charge is 2.01. The first kappa shape index (κ1) is 11.4. The maximum absolute atomic E-state index is 5.59. The van der Waals surface area contributed by atoms with E-state index in [-0.39, 0.29) is 0 Å². The van der Waals surface area contributed by atoms with Crippen molar-refractivity contribution in [3.8, 4) is 11.5 Å². The van der Waals surface area contributed by atoms with Crippen LogP contribution in [0.15, 0.2) is 33.6 Å². The zero-order chi connectivity index (χ0) is 11.4. The van der Waals surface area contributed by atoms with Crippen LogP contribution in [0.4, 0.5) is 0 Å². The molecule has 16 heavy (non-hydrogen) atoms. The third-order valence-electron chi connectivity index (χ3n) is 1.95. The van der Waals surface area contributed by atoms with Crippen molar-refractivity contribution >= 4 is 27.3 Å². The molecular weight excluding hydrogens is 290 g/mol. The van der Waals surface area contributed by atoms with Crippen LogP contribution in [0.25, 0.3) is 0 Å². The van der Waals surface area contributed by atoms with Crippen LogP contribution in [0.2, 0.25) is 0 Å². The van der Waals surface area contributed by atoms with Gasteiger partial charge in [-0.05, 0) is 28.1 Å². The maximum Gasteiger partial charge on any atom is 0.159 e. The molecule has 0 amide bonds. The average Bonchev–Trinajstić information content (AvgIpc) is 2.73. The maximum atomic E-state index is 5.59.